The molecule has 0 aliphatic rings. The molecular formula is C21H29Cl2N3O3. The first-order chi connectivity index (χ1) is 14.0. The third kappa shape index (κ3) is 9.78. The van der Waals surface area contributed by atoms with E-state index >= 15 is 0 Å². The van der Waals surface area contributed by atoms with Gasteiger partial charge in [0.15, 0.2) is 0 Å². The molecule has 0 saturated carbocycles. The summed E-state index contributed by atoms with van der Waals surface area (Å²) >= 11 is 11.7. The number of nitrogens with zero attached hydrogens (tertiary/aromatic N) is 1. The van der Waals surface area contributed by atoms with Gasteiger partial charge < -0.3 is 20.3 Å². The molecule has 0 saturated heterocycles. The van der Waals surface area contributed by atoms with Gasteiger partial charge in [-0.25, -0.2) is 4.79 Å². The van der Waals surface area contributed by atoms with Crippen molar-refractivity contribution in [2.75, 3.05) is 42.9 Å². The monoisotopic (exact) mass is 441 g/mol. The molecule has 0 aliphatic carbocycles. The molecule has 0 radical (unpaired) electrons. The van der Waals surface area contributed by atoms with Gasteiger partial charge in [-0.2, -0.15) is 0 Å². The Balaban J connectivity index is 2.81. The van der Waals surface area contributed by atoms with Crippen LogP contribution in [0.15, 0.2) is 24.3 Å². The van der Waals surface area contributed by atoms with E-state index in [1.165, 1.54) is 0 Å². The highest BCUT2D eigenvalue weighted by molar-refractivity contribution is 6.18. The Kier molecular flexibility index (Phi) is 12.8. The second-order valence-electron chi connectivity index (χ2n) is 6.34. The molecule has 0 fully saturated rings. The van der Waals surface area contributed by atoms with Crippen LogP contribution in [0.3, 0.4) is 0 Å². The number of carbonyl (C=O) groups excluding carboxylic acids is 2. The minimum Gasteiger partial charge on any atom is -0.450 e. The van der Waals surface area contributed by atoms with Crippen LogP contribution in [-0.4, -0.2) is 56.0 Å². The minimum absolute atomic E-state index is 0.0899. The average molecular weight is 442 g/mol. The summed E-state index contributed by atoms with van der Waals surface area (Å²) in [5.41, 5.74) is 1.88. The Morgan fingerprint density at radius 3 is 2.41 bits per heavy atom. The van der Waals surface area contributed by atoms with E-state index in [2.05, 4.69) is 21.5 Å². The number of alkyl carbamates (subject to hydrolysis) is 1. The second kappa shape index (κ2) is 14.8. The summed E-state index contributed by atoms with van der Waals surface area (Å²) < 4.78 is 5.11. The number of halogens is 2. The topological polar surface area (TPSA) is 70.7 Å². The molecule has 1 aromatic rings. The zero-order chi connectivity index (χ0) is 21.5. The number of alkyl halides is 2. The van der Waals surface area contributed by atoms with E-state index in [-0.39, 0.29) is 12.5 Å². The molecule has 160 valence electrons. The van der Waals surface area contributed by atoms with E-state index in [0.29, 0.717) is 37.9 Å². The largest absolute Gasteiger partial charge is 0.450 e. The quantitative estimate of drug-likeness (QED) is 0.280. The Morgan fingerprint density at radius 1 is 1.21 bits per heavy atom. The first-order valence-corrected chi connectivity index (χ1v) is 10.7. The minimum atomic E-state index is -0.787. The van der Waals surface area contributed by atoms with Crippen LogP contribution in [-0.2, 0) is 16.0 Å². The number of unbranched alkanes of at least 4 members (excludes halogenated alkanes) is 1. The van der Waals surface area contributed by atoms with Crippen molar-refractivity contribution in [3.63, 3.8) is 0 Å². The summed E-state index contributed by atoms with van der Waals surface area (Å²) in [7, 11) is 0. The Hall–Kier alpha value is -2.10. The van der Waals surface area contributed by atoms with E-state index < -0.39 is 12.1 Å². The standard InChI is InChI=1S/C21H29Cl2N3O3/c1-3-5-15-29-21(28)25-19(20(27)24-12-4-2)16-17-6-8-18(9-7-17)26(13-10-22)14-11-23/h2,6-9,19H,3,5,10-16H2,1H3,(H,24,27)(H,25,28)/t19-/m0/s1. The molecule has 0 bridgehead atoms. The maximum Gasteiger partial charge on any atom is 0.407 e. The molecule has 0 aromatic heterocycles. The van der Waals surface area contributed by atoms with Crippen LogP contribution >= 0.6 is 23.2 Å². The van der Waals surface area contributed by atoms with Crippen molar-refractivity contribution in [3.05, 3.63) is 29.8 Å². The lowest BCUT2D eigenvalue weighted by molar-refractivity contribution is -0.122. The first kappa shape index (κ1) is 24.9. The zero-order valence-electron chi connectivity index (χ0n) is 16.8. The van der Waals surface area contributed by atoms with E-state index in [9.17, 15) is 9.59 Å². The average Bonchev–Trinajstić information content (AvgIpc) is 2.72. The number of ether oxygens (including phenoxy) is 1. The second-order valence-corrected chi connectivity index (χ2v) is 7.10. The fourth-order valence-electron chi connectivity index (χ4n) is 2.62. The van der Waals surface area contributed by atoms with E-state index in [1.807, 2.05) is 31.2 Å². The van der Waals surface area contributed by atoms with Crippen LogP contribution < -0.4 is 15.5 Å². The maximum atomic E-state index is 12.4. The van der Waals surface area contributed by atoms with Crippen LogP contribution in [0.25, 0.3) is 0 Å². The van der Waals surface area contributed by atoms with Gasteiger partial charge in [-0.3, -0.25) is 4.79 Å². The van der Waals surface area contributed by atoms with Crippen molar-refractivity contribution in [1.29, 1.82) is 0 Å². The first-order valence-electron chi connectivity index (χ1n) is 9.66. The molecule has 1 rings (SSSR count). The van der Waals surface area contributed by atoms with Gasteiger partial charge in [0, 0.05) is 37.0 Å². The number of carbonyl (C=O) groups is 2. The summed E-state index contributed by atoms with van der Waals surface area (Å²) in [6, 6.07) is 6.94. The van der Waals surface area contributed by atoms with Crippen LogP contribution in [0.4, 0.5) is 10.5 Å². The van der Waals surface area contributed by atoms with Gasteiger partial charge in [0.25, 0.3) is 0 Å². The number of benzene rings is 1. The fourth-order valence-corrected chi connectivity index (χ4v) is 3.02. The fraction of sp³-hybridized carbons (Fsp3) is 0.524. The number of nitrogens with one attached hydrogen (secondary N) is 2. The van der Waals surface area contributed by atoms with Crippen LogP contribution in [0.5, 0.6) is 0 Å². The van der Waals surface area contributed by atoms with E-state index in [4.69, 9.17) is 34.4 Å². The molecule has 29 heavy (non-hydrogen) atoms. The molecule has 0 heterocycles. The molecule has 2 N–H and O–H groups in total. The number of hydrogen-bond donors (Lipinski definition) is 2. The number of hydrogen-bond acceptors (Lipinski definition) is 4. The van der Waals surface area contributed by atoms with Gasteiger partial charge in [0.05, 0.1) is 13.2 Å². The Labute approximate surface area is 183 Å². The molecule has 6 nitrogen and oxygen atoms in total. The number of terminal acetylenes is 1. The van der Waals surface area contributed by atoms with Crippen LogP contribution in [0, 0.1) is 12.3 Å². The van der Waals surface area contributed by atoms with Gasteiger partial charge in [-0.1, -0.05) is 31.4 Å². The SMILES string of the molecule is C#CCNC(=O)[C@H](Cc1ccc(N(CCCl)CCCl)cc1)NC(=O)OCCCC. The van der Waals surface area contributed by atoms with Crippen molar-refractivity contribution in [2.24, 2.45) is 0 Å². The zero-order valence-corrected chi connectivity index (χ0v) is 18.3. The summed E-state index contributed by atoms with van der Waals surface area (Å²) in [5.74, 6) is 3.00. The highest BCUT2D eigenvalue weighted by Gasteiger charge is 2.21. The summed E-state index contributed by atoms with van der Waals surface area (Å²) in [4.78, 5) is 26.5. The van der Waals surface area contributed by atoms with Crippen molar-refractivity contribution in [3.8, 4) is 12.3 Å². The van der Waals surface area contributed by atoms with Gasteiger partial charge in [0.2, 0.25) is 5.91 Å². The third-order valence-electron chi connectivity index (χ3n) is 4.15. The molecule has 0 spiro atoms. The smallest absolute Gasteiger partial charge is 0.407 e. The van der Waals surface area contributed by atoms with Crippen molar-refractivity contribution >= 4 is 40.9 Å². The van der Waals surface area contributed by atoms with Crippen LogP contribution in [0.1, 0.15) is 25.3 Å². The predicted octanol–water partition coefficient (Wildman–Crippen LogP) is 3.16. The lowest BCUT2D eigenvalue weighted by atomic mass is 10.0. The molecule has 8 heteroatoms. The summed E-state index contributed by atoms with van der Waals surface area (Å²) in [5, 5.41) is 5.23. The van der Waals surface area contributed by atoms with Crippen molar-refractivity contribution in [2.45, 2.75) is 32.2 Å². The van der Waals surface area contributed by atoms with Gasteiger partial charge in [-0.05, 0) is 24.1 Å². The van der Waals surface area contributed by atoms with Gasteiger partial charge in [-0.15, -0.1) is 29.6 Å². The summed E-state index contributed by atoms with van der Waals surface area (Å²) in [6.07, 6.45) is 6.58. The normalized spacial score (nSPS) is 11.2. The molecule has 1 atom stereocenters. The third-order valence-corrected chi connectivity index (χ3v) is 4.49. The highest BCUT2D eigenvalue weighted by Crippen LogP contribution is 2.17. The lowest BCUT2D eigenvalue weighted by Gasteiger charge is -2.23. The van der Waals surface area contributed by atoms with Crippen LogP contribution in [0.2, 0.25) is 0 Å². The van der Waals surface area contributed by atoms with Crippen molar-refractivity contribution in [1.82, 2.24) is 10.6 Å². The molecule has 2 amide bonds. The number of amides is 2. The Morgan fingerprint density at radius 2 is 1.86 bits per heavy atom. The number of anilines is 1. The van der Waals surface area contributed by atoms with E-state index in [0.717, 1.165) is 24.1 Å². The maximum absolute atomic E-state index is 12.4. The molecular weight excluding hydrogens is 413 g/mol. The lowest BCUT2D eigenvalue weighted by Crippen LogP contribution is -2.48. The summed E-state index contributed by atoms with van der Waals surface area (Å²) in [6.45, 7) is 3.79. The predicted molar refractivity (Wildman–Crippen MR) is 119 cm³/mol. The molecule has 0 aliphatic heterocycles. The van der Waals surface area contributed by atoms with Gasteiger partial charge in [0.1, 0.15) is 6.04 Å². The van der Waals surface area contributed by atoms with Gasteiger partial charge >= 0.3 is 6.09 Å². The Bertz CT molecular complexity index is 656. The highest BCUT2D eigenvalue weighted by atomic mass is 35.5. The molecule has 0 unspecified atom stereocenters. The molecule has 1 aromatic carbocycles. The number of rotatable bonds is 13. The van der Waals surface area contributed by atoms with Crippen molar-refractivity contribution < 1.29 is 14.3 Å². The van der Waals surface area contributed by atoms with E-state index in [1.54, 1.807) is 0 Å².